The standard InChI is InChI=1S/C24H14F2O2/c25-16-9-12-15(10-17(16)26)24-14-6-2-4-11-3-1-5-13(19(11)14)23-8-7-18(27-23)20(22(23)24)21(12)28-24/h1-10,18,20-22H/t18-,20+,21+,22-,23-,24-/m0/s1. The SMILES string of the molecule is Fc1cc2c(cc1F)[C@@]13O[C@H]2[C@H]2[C@@H]4C=C[C@](O4)(c4cccc5cccc1c45)[C@H]23. The van der Waals surface area contributed by atoms with Crippen LogP contribution in [-0.4, -0.2) is 6.10 Å². The van der Waals surface area contributed by atoms with Gasteiger partial charge in [0.25, 0.3) is 0 Å². The molecule has 4 aliphatic heterocycles. The molecule has 2 nitrogen and oxygen atoms in total. The summed E-state index contributed by atoms with van der Waals surface area (Å²) in [5.41, 5.74) is 2.39. The lowest BCUT2D eigenvalue weighted by atomic mass is 9.54. The number of fused-ring (bicyclic) bond motifs is 6. The monoisotopic (exact) mass is 372 g/mol. The first-order valence-corrected chi connectivity index (χ1v) is 9.72. The molecule has 3 aromatic carbocycles. The molecule has 1 aliphatic carbocycles. The number of hydrogen-bond donors (Lipinski definition) is 0. The normalized spacial score (nSPS) is 39.6. The lowest BCUT2D eigenvalue weighted by Gasteiger charge is -2.47. The molecule has 3 aromatic rings. The smallest absolute Gasteiger partial charge is 0.159 e. The maximum Gasteiger partial charge on any atom is 0.159 e. The second-order valence-electron chi connectivity index (χ2n) is 8.63. The van der Waals surface area contributed by atoms with Crippen molar-refractivity contribution in [3.05, 3.63) is 94.6 Å². The topological polar surface area (TPSA) is 18.5 Å². The van der Waals surface area contributed by atoms with Crippen molar-refractivity contribution in [3.63, 3.8) is 0 Å². The summed E-state index contributed by atoms with van der Waals surface area (Å²) in [6, 6.07) is 15.2. The van der Waals surface area contributed by atoms with Gasteiger partial charge in [-0.25, -0.2) is 8.78 Å². The first-order chi connectivity index (χ1) is 13.6. The van der Waals surface area contributed by atoms with Crippen LogP contribution in [0, 0.1) is 23.5 Å². The Morgan fingerprint density at radius 3 is 2.50 bits per heavy atom. The molecule has 4 heteroatoms. The maximum absolute atomic E-state index is 14.4. The van der Waals surface area contributed by atoms with E-state index in [1.807, 2.05) is 6.07 Å². The molecular weight excluding hydrogens is 358 g/mol. The van der Waals surface area contributed by atoms with Crippen molar-refractivity contribution in [3.8, 4) is 0 Å². The number of ether oxygens (including phenoxy) is 2. The van der Waals surface area contributed by atoms with E-state index in [9.17, 15) is 8.78 Å². The van der Waals surface area contributed by atoms with Gasteiger partial charge >= 0.3 is 0 Å². The Balaban J connectivity index is 1.61. The summed E-state index contributed by atoms with van der Waals surface area (Å²) < 4.78 is 41.9. The van der Waals surface area contributed by atoms with Crippen LogP contribution in [0.1, 0.15) is 28.4 Å². The summed E-state index contributed by atoms with van der Waals surface area (Å²) in [6.07, 6.45) is 3.96. The number of hydrogen-bond acceptors (Lipinski definition) is 2. The molecule has 0 aromatic heterocycles. The lowest BCUT2D eigenvalue weighted by molar-refractivity contribution is -0.0922. The van der Waals surface area contributed by atoms with Crippen LogP contribution in [0.3, 0.4) is 0 Å². The van der Waals surface area contributed by atoms with Gasteiger partial charge in [0.2, 0.25) is 0 Å². The van der Waals surface area contributed by atoms with Gasteiger partial charge in [0.05, 0.1) is 12.2 Å². The third kappa shape index (κ3) is 1.19. The first-order valence-electron chi connectivity index (χ1n) is 9.72. The minimum atomic E-state index is -0.819. The molecule has 0 radical (unpaired) electrons. The fourth-order valence-corrected chi connectivity index (χ4v) is 6.97. The molecule has 28 heavy (non-hydrogen) atoms. The van der Waals surface area contributed by atoms with Crippen molar-refractivity contribution in [1.29, 1.82) is 0 Å². The molecule has 0 amide bonds. The van der Waals surface area contributed by atoms with Crippen molar-refractivity contribution in [2.45, 2.75) is 23.4 Å². The van der Waals surface area contributed by atoms with Crippen LogP contribution in [0.25, 0.3) is 10.8 Å². The molecule has 8 rings (SSSR count). The minimum Gasteiger partial charge on any atom is -0.358 e. The zero-order valence-electron chi connectivity index (χ0n) is 14.7. The van der Waals surface area contributed by atoms with E-state index in [1.54, 1.807) is 0 Å². The fourth-order valence-electron chi connectivity index (χ4n) is 6.97. The highest BCUT2D eigenvalue weighted by Crippen LogP contribution is 2.76. The van der Waals surface area contributed by atoms with Crippen LogP contribution in [-0.2, 0) is 20.7 Å². The largest absolute Gasteiger partial charge is 0.358 e. The molecule has 2 spiro atoms. The van der Waals surface area contributed by atoms with E-state index in [1.165, 1.54) is 12.1 Å². The highest BCUT2D eigenvalue weighted by molar-refractivity contribution is 5.93. The van der Waals surface area contributed by atoms with E-state index >= 15 is 0 Å². The molecule has 0 N–H and O–H groups in total. The Morgan fingerprint density at radius 2 is 1.64 bits per heavy atom. The number of benzene rings is 3. The second kappa shape index (κ2) is 4.07. The highest BCUT2D eigenvalue weighted by atomic mass is 19.2. The van der Waals surface area contributed by atoms with E-state index in [0.717, 1.165) is 33.0 Å². The number of rotatable bonds is 0. The van der Waals surface area contributed by atoms with Crippen molar-refractivity contribution < 1.29 is 18.3 Å². The Labute approximate surface area is 159 Å². The molecule has 4 bridgehead atoms. The van der Waals surface area contributed by atoms with Gasteiger partial charge in [0.15, 0.2) is 11.6 Å². The Morgan fingerprint density at radius 1 is 0.857 bits per heavy atom. The Kier molecular flexibility index (Phi) is 2.10. The maximum atomic E-state index is 14.4. The molecule has 0 saturated carbocycles. The van der Waals surface area contributed by atoms with Crippen LogP contribution in [0.15, 0.2) is 60.7 Å². The minimum absolute atomic E-state index is 0.0258. The molecular formula is C24H14F2O2. The van der Waals surface area contributed by atoms with Gasteiger partial charge in [0.1, 0.15) is 11.2 Å². The van der Waals surface area contributed by atoms with Gasteiger partial charge < -0.3 is 9.47 Å². The Bertz CT molecular complexity index is 1290. The van der Waals surface area contributed by atoms with Crippen LogP contribution < -0.4 is 0 Å². The summed E-state index contributed by atoms with van der Waals surface area (Å²) in [5, 5.41) is 2.23. The second-order valence-corrected chi connectivity index (χ2v) is 8.63. The van der Waals surface area contributed by atoms with E-state index in [0.29, 0.717) is 0 Å². The summed E-state index contributed by atoms with van der Waals surface area (Å²) >= 11 is 0. The molecule has 2 saturated heterocycles. The van der Waals surface area contributed by atoms with E-state index in [4.69, 9.17) is 9.47 Å². The Hall–Kier alpha value is -2.56. The van der Waals surface area contributed by atoms with Crippen LogP contribution >= 0.6 is 0 Å². The van der Waals surface area contributed by atoms with E-state index in [-0.39, 0.29) is 24.0 Å². The van der Waals surface area contributed by atoms with Crippen LogP contribution in [0.2, 0.25) is 0 Å². The first kappa shape index (κ1) is 14.4. The van der Waals surface area contributed by atoms with Gasteiger partial charge in [-0.3, -0.25) is 0 Å². The highest BCUT2D eigenvalue weighted by Gasteiger charge is 2.77. The van der Waals surface area contributed by atoms with Crippen molar-refractivity contribution in [1.82, 2.24) is 0 Å². The zero-order valence-corrected chi connectivity index (χ0v) is 14.7. The van der Waals surface area contributed by atoms with Gasteiger partial charge in [-0.05, 0) is 51.2 Å². The predicted octanol–water partition coefficient (Wildman–Crippen LogP) is 4.86. The molecule has 5 aliphatic rings. The quantitative estimate of drug-likeness (QED) is 0.525. The van der Waals surface area contributed by atoms with Crippen LogP contribution in [0.4, 0.5) is 8.78 Å². The zero-order chi connectivity index (χ0) is 18.4. The summed E-state index contributed by atoms with van der Waals surface area (Å²) in [5.74, 6) is -1.50. The molecule has 6 atom stereocenters. The summed E-state index contributed by atoms with van der Waals surface area (Å²) in [6.45, 7) is 0. The lowest BCUT2D eigenvalue weighted by Crippen LogP contribution is -2.49. The van der Waals surface area contributed by atoms with Gasteiger partial charge in [-0.15, -0.1) is 0 Å². The van der Waals surface area contributed by atoms with Crippen molar-refractivity contribution >= 4 is 10.8 Å². The molecule has 2 fully saturated rings. The average Bonchev–Trinajstić information content (AvgIpc) is 3.44. The summed E-state index contributed by atoms with van der Waals surface area (Å²) in [7, 11) is 0. The van der Waals surface area contributed by atoms with Crippen molar-refractivity contribution in [2.24, 2.45) is 11.8 Å². The predicted molar refractivity (Wildman–Crippen MR) is 97.6 cm³/mol. The third-order valence-electron chi connectivity index (χ3n) is 7.72. The van der Waals surface area contributed by atoms with E-state index < -0.39 is 22.8 Å². The molecule has 136 valence electrons. The van der Waals surface area contributed by atoms with Crippen LogP contribution in [0.5, 0.6) is 0 Å². The fraction of sp³-hybridized carbons (Fsp3) is 0.250. The number of halogens is 2. The summed E-state index contributed by atoms with van der Waals surface area (Å²) in [4.78, 5) is 0. The van der Waals surface area contributed by atoms with Gasteiger partial charge in [0, 0.05) is 11.8 Å². The van der Waals surface area contributed by atoms with Gasteiger partial charge in [-0.1, -0.05) is 42.5 Å². The third-order valence-corrected chi connectivity index (χ3v) is 7.72. The average molecular weight is 372 g/mol. The van der Waals surface area contributed by atoms with Gasteiger partial charge in [-0.2, -0.15) is 0 Å². The molecule has 4 heterocycles. The van der Waals surface area contributed by atoms with Crippen molar-refractivity contribution in [2.75, 3.05) is 0 Å². The molecule has 0 unspecified atom stereocenters. The van der Waals surface area contributed by atoms with E-state index in [2.05, 4.69) is 42.5 Å².